The number of aryl methyl sites for hydroxylation is 1. The van der Waals surface area contributed by atoms with E-state index in [1.54, 1.807) is 13.0 Å². The number of hydrogen-bond donors (Lipinski definition) is 0. The van der Waals surface area contributed by atoms with Gasteiger partial charge in [-0.1, -0.05) is 11.6 Å². The van der Waals surface area contributed by atoms with Gasteiger partial charge in [0.2, 0.25) is 0 Å². The van der Waals surface area contributed by atoms with Crippen LogP contribution in [0.3, 0.4) is 0 Å². The Balaban J connectivity index is 2.23. The second kappa shape index (κ2) is 4.66. The van der Waals surface area contributed by atoms with Crippen molar-refractivity contribution < 1.29 is 13.2 Å². The molecule has 0 aliphatic rings. The van der Waals surface area contributed by atoms with Crippen LogP contribution in [0.5, 0.6) is 0 Å². The highest BCUT2D eigenvalue weighted by atomic mass is 35.5. The molecule has 0 saturated heterocycles. The van der Waals surface area contributed by atoms with E-state index in [4.69, 9.17) is 11.6 Å². The minimum Gasteiger partial charge on any atom is -0.293 e. The predicted octanol–water partition coefficient (Wildman–Crippen LogP) is 3.17. The van der Waals surface area contributed by atoms with E-state index >= 15 is 0 Å². The molecule has 0 aliphatic carbocycles. The summed E-state index contributed by atoms with van der Waals surface area (Å²) in [6, 6.07) is 1.55. The topological polar surface area (TPSA) is 56.0 Å². The molecule has 0 amide bonds. The van der Waals surface area contributed by atoms with Crippen LogP contribution in [0.15, 0.2) is 24.7 Å². The highest BCUT2D eigenvalue weighted by Gasteiger charge is 2.33. The summed E-state index contributed by atoms with van der Waals surface area (Å²) in [4.78, 5) is 15.5. The normalized spacial score (nSPS) is 12.0. The molecule has 0 unspecified atom stereocenters. The van der Waals surface area contributed by atoms with Crippen molar-refractivity contribution in [1.82, 2.24) is 24.3 Å². The highest BCUT2D eigenvalue weighted by Crippen LogP contribution is 2.28. The van der Waals surface area contributed by atoms with Crippen molar-refractivity contribution >= 4 is 17.2 Å². The van der Waals surface area contributed by atoms with Crippen LogP contribution in [0.1, 0.15) is 11.4 Å². The Labute approximate surface area is 121 Å². The van der Waals surface area contributed by atoms with Gasteiger partial charge in [0.1, 0.15) is 10.8 Å². The predicted molar refractivity (Wildman–Crippen MR) is 68.8 cm³/mol. The molecular formula is C12H7ClF3N5. The average molecular weight is 314 g/mol. The summed E-state index contributed by atoms with van der Waals surface area (Å²) in [5, 5.41) is 0.206. The number of rotatable bonds is 1. The summed E-state index contributed by atoms with van der Waals surface area (Å²) >= 11 is 5.85. The maximum Gasteiger partial charge on any atom is 0.434 e. The van der Waals surface area contributed by atoms with Crippen molar-refractivity contribution in [2.45, 2.75) is 13.1 Å². The number of hydrogen-bond acceptors (Lipinski definition) is 4. The molecule has 3 aromatic rings. The summed E-state index contributed by atoms with van der Waals surface area (Å²) in [6.45, 7) is 1.71. The molecule has 3 heterocycles. The van der Waals surface area contributed by atoms with Crippen LogP contribution in [0.2, 0.25) is 5.15 Å². The lowest BCUT2D eigenvalue weighted by Gasteiger charge is -2.07. The fraction of sp³-hybridized carbons (Fsp3) is 0.167. The number of halogens is 4. The lowest BCUT2D eigenvalue weighted by Crippen LogP contribution is -2.09. The van der Waals surface area contributed by atoms with Gasteiger partial charge in [-0.25, -0.2) is 19.9 Å². The van der Waals surface area contributed by atoms with Crippen molar-refractivity contribution in [3.05, 3.63) is 41.2 Å². The summed E-state index contributed by atoms with van der Waals surface area (Å²) in [7, 11) is 0. The second-order valence-corrected chi connectivity index (χ2v) is 4.68. The molecule has 0 aromatic carbocycles. The van der Waals surface area contributed by atoms with E-state index < -0.39 is 11.9 Å². The molecule has 0 saturated carbocycles. The maximum atomic E-state index is 12.7. The van der Waals surface area contributed by atoms with E-state index in [1.807, 2.05) is 0 Å². The van der Waals surface area contributed by atoms with Gasteiger partial charge in [-0.2, -0.15) is 13.2 Å². The van der Waals surface area contributed by atoms with E-state index in [2.05, 4.69) is 19.9 Å². The SMILES string of the molecule is Cc1cc(Cl)nc(-c2cnc3cnc(C(F)(F)F)cn23)n1. The molecule has 21 heavy (non-hydrogen) atoms. The third-order valence-electron chi connectivity index (χ3n) is 2.74. The molecule has 0 bridgehead atoms. The van der Waals surface area contributed by atoms with Gasteiger partial charge in [-0.05, 0) is 13.0 Å². The first-order valence-electron chi connectivity index (χ1n) is 5.76. The maximum absolute atomic E-state index is 12.7. The number of alkyl halides is 3. The lowest BCUT2D eigenvalue weighted by atomic mass is 10.3. The molecular weight excluding hydrogens is 307 g/mol. The van der Waals surface area contributed by atoms with Gasteiger partial charge in [0.15, 0.2) is 17.2 Å². The monoisotopic (exact) mass is 313 g/mol. The van der Waals surface area contributed by atoms with Gasteiger partial charge in [-0.15, -0.1) is 0 Å². The smallest absolute Gasteiger partial charge is 0.293 e. The molecule has 0 N–H and O–H groups in total. The van der Waals surface area contributed by atoms with Crippen LogP contribution in [-0.4, -0.2) is 24.3 Å². The van der Waals surface area contributed by atoms with E-state index in [-0.39, 0.29) is 16.6 Å². The van der Waals surface area contributed by atoms with E-state index in [0.717, 1.165) is 12.4 Å². The molecule has 0 spiro atoms. The van der Waals surface area contributed by atoms with Gasteiger partial charge in [0, 0.05) is 11.9 Å². The molecule has 108 valence electrons. The van der Waals surface area contributed by atoms with Crippen LogP contribution in [0, 0.1) is 6.92 Å². The Morgan fingerprint density at radius 1 is 1.14 bits per heavy atom. The number of fused-ring (bicyclic) bond motifs is 1. The zero-order valence-electron chi connectivity index (χ0n) is 10.6. The molecule has 0 radical (unpaired) electrons. The second-order valence-electron chi connectivity index (χ2n) is 4.30. The minimum absolute atomic E-state index is 0.201. The summed E-state index contributed by atoms with van der Waals surface area (Å²) in [5.41, 5.74) is 0.153. The summed E-state index contributed by atoms with van der Waals surface area (Å²) < 4.78 is 39.4. The zero-order chi connectivity index (χ0) is 15.2. The molecule has 5 nitrogen and oxygen atoms in total. The lowest BCUT2D eigenvalue weighted by molar-refractivity contribution is -0.141. The zero-order valence-corrected chi connectivity index (χ0v) is 11.3. The minimum atomic E-state index is -4.54. The van der Waals surface area contributed by atoms with Gasteiger partial charge < -0.3 is 0 Å². The third-order valence-corrected chi connectivity index (χ3v) is 2.93. The molecule has 3 aromatic heterocycles. The van der Waals surface area contributed by atoms with Gasteiger partial charge in [0.05, 0.1) is 12.4 Å². The van der Waals surface area contributed by atoms with Crippen molar-refractivity contribution in [2.24, 2.45) is 0 Å². The van der Waals surface area contributed by atoms with Gasteiger partial charge >= 0.3 is 6.18 Å². The Hall–Kier alpha value is -2.22. The van der Waals surface area contributed by atoms with Crippen molar-refractivity contribution in [2.75, 3.05) is 0 Å². The van der Waals surface area contributed by atoms with Crippen LogP contribution in [0.25, 0.3) is 17.2 Å². The third kappa shape index (κ3) is 2.54. The Kier molecular flexibility index (Phi) is 3.05. The number of aromatic nitrogens is 5. The van der Waals surface area contributed by atoms with Gasteiger partial charge in [-0.3, -0.25) is 4.40 Å². The molecule has 0 fully saturated rings. The summed E-state index contributed by atoms with van der Waals surface area (Å²) in [6.07, 6.45) is -1.26. The largest absolute Gasteiger partial charge is 0.434 e. The fourth-order valence-electron chi connectivity index (χ4n) is 1.85. The Morgan fingerprint density at radius 2 is 1.90 bits per heavy atom. The molecule has 0 atom stereocenters. The van der Waals surface area contributed by atoms with E-state index in [1.165, 1.54) is 10.6 Å². The standard InChI is InChI=1S/C12H7ClF3N5/c1-6-2-9(13)20-11(19-6)7-3-18-10-4-17-8(5-21(7)10)12(14,15)16/h2-5H,1H3. The summed E-state index contributed by atoms with van der Waals surface area (Å²) in [5.74, 6) is 0.201. The highest BCUT2D eigenvalue weighted by molar-refractivity contribution is 6.29. The number of nitrogens with zero attached hydrogens (tertiary/aromatic N) is 5. The van der Waals surface area contributed by atoms with Crippen LogP contribution in [0.4, 0.5) is 13.2 Å². The Morgan fingerprint density at radius 3 is 2.57 bits per heavy atom. The molecule has 3 rings (SSSR count). The van der Waals surface area contributed by atoms with Crippen LogP contribution >= 0.6 is 11.6 Å². The van der Waals surface area contributed by atoms with E-state index in [0.29, 0.717) is 11.4 Å². The van der Waals surface area contributed by atoms with E-state index in [9.17, 15) is 13.2 Å². The quantitative estimate of drug-likeness (QED) is 0.648. The number of imidazole rings is 1. The van der Waals surface area contributed by atoms with Crippen molar-refractivity contribution in [1.29, 1.82) is 0 Å². The first-order valence-corrected chi connectivity index (χ1v) is 6.14. The average Bonchev–Trinajstić information content (AvgIpc) is 2.79. The molecule has 9 heteroatoms. The fourth-order valence-corrected chi connectivity index (χ4v) is 2.08. The van der Waals surface area contributed by atoms with Crippen molar-refractivity contribution in [3.63, 3.8) is 0 Å². The Bertz CT molecular complexity index is 807. The van der Waals surface area contributed by atoms with Gasteiger partial charge in [0.25, 0.3) is 0 Å². The van der Waals surface area contributed by atoms with Crippen molar-refractivity contribution in [3.8, 4) is 11.5 Å². The first kappa shape index (κ1) is 13.7. The van der Waals surface area contributed by atoms with Crippen LogP contribution in [-0.2, 0) is 6.18 Å². The van der Waals surface area contributed by atoms with Crippen LogP contribution < -0.4 is 0 Å². The molecule has 0 aliphatic heterocycles. The first-order chi connectivity index (χ1) is 9.84.